The van der Waals surface area contributed by atoms with Crippen LogP contribution in [0.5, 0.6) is 0 Å². The first-order valence-corrected chi connectivity index (χ1v) is 17.3. The van der Waals surface area contributed by atoms with E-state index in [0.29, 0.717) is 36.2 Å². The fourth-order valence-electron chi connectivity index (χ4n) is 13.1. The smallest absolute Gasteiger partial charge is 0.186 e. The van der Waals surface area contributed by atoms with E-state index in [1.165, 1.54) is 37.7 Å². The van der Waals surface area contributed by atoms with Crippen molar-refractivity contribution in [2.45, 2.75) is 143 Å². The summed E-state index contributed by atoms with van der Waals surface area (Å²) in [5.41, 5.74) is 1.83. The quantitative estimate of drug-likeness (QED) is 0.225. The van der Waals surface area contributed by atoms with E-state index >= 15 is 0 Å². The molecular weight excluding hydrogens is 544 g/mol. The van der Waals surface area contributed by atoms with Gasteiger partial charge in [0.05, 0.1) is 12.7 Å². The van der Waals surface area contributed by atoms with Gasteiger partial charge in [-0.25, -0.2) is 0 Å². The maximum atomic E-state index is 10.8. The zero-order chi connectivity index (χ0) is 31.3. The van der Waals surface area contributed by atoms with Gasteiger partial charge in [-0.05, 0) is 128 Å². The van der Waals surface area contributed by atoms with Gasteiger partial charge in [0, 0.05) is 6.61 Å². The van der Waals surface area contributed by atoms with Crippen LogP contribution in [0.3, 0.4) is 0 Å². The monoisotopic (exact) mass is 604 g/mol. The zero-order valence-corrected chi connectivity index (χ0v) is 27.6. The lowest BCUT2D eigenvalue weighted by atomic mass is 9.32. The number of aliphatic hydroxyl groups is 5. The molecule has 0 amide bonds. The van der Waals surface area contributed by atoms with Gasteiger partial charge in [-0.3, -0.25) is 0 Å². The van der Waals surface area contributed by atoms with Crippen LogP contribution in [0, 0.1) is 56.7 Å². The van der Waals surface area contributed by atoms with Crippen LogP contribution in [0.2, 0.25) is 0 Å². The van der Waals surface area contributed by atoms with Crippen LogP contribution in [0.15, 0.2) is 12.2 Å². The molecule has 7 nitrogen and oxygen atoms in total. The Hall–Kier alpha value is -0.540. The molecule has 0 spiro atoms. The van der Waals surface area contributed by atoms with Crippen LogP contribution in [0.4, 0.5) is 0 Å². The Morgan fingerprint density at radius 2 is 1.51 bits per heavy atom. The van der Waals surface area contributed by atoms with Crippen molar-refractivity contribution in [2.24, 2.45) is 56.7 Å². The molecule has 1 unspecified atom stereocenters. The highest BCUT2D eigenvalue weighted by atomic mass is 16.7. The summed E-state index contributed by atoms with van der Waals surface area (Å²) in [5.74, 6) is 2.74. The van der Waals surface area contributed by atoms with Crippen molar-refractivity contribution >= 4 is 0 Å². The predicted molar refractivity (Wildman–Crippen MR) is 165 cm³/mol. The van der Waals surface area contributed by atoms with Crippen molar-refractivity contribution < 1.29 is 35.0 Å². The second-order valence-corrected chi connectivity index (χ2v) is 17.4. The van der Waals surface area contributed by atoms with Gasteiger partial charge in [0.25, 0.3) is 0 Å². The average Bonchev–Trinajstić information content (AvgIpc) is 3.35. The Balaban J connectivity index is 1.26. The lowest BCUT2D eigenvalue weighted by molar-refractivity contribution is -0.332. The summed E-state index contributed by atoms with van der Waals surface area (Å²) in [6, 6.07) is 0. The Morgan fingerprint density at radius 3 is 2.16 bits per heavy atom. The van der Waals surface area contributed by atoms with Crippen molar-refractivity contribution in [3.8, 4) is 0 Å². The molecule has 7 heteroatoms. The SMILES string of the molecule is C=C(C)[C@@H]1CC[C@]2(CO)CC[C@]3(C)[C@H](CCC4[C@@]5(C)CC[C@H](O[C@@H]6O[C@H](CO)[C@@H](O)[C@H](O)[C@H]6O)C(C)(C)[C@@H]5CC[C@]43C)[C@@H]12. The molecule has 1 heterocycles. The molecule has 6 fully saturated rings. The largest absolute Gasteiger partial charge is 0.396 e. The van der Waals surface area contributed by atoms with E-state index in [1.54, 1.807) is 0 Å². The van der Waals surface area contributed by atoms with Crippen LogP contribution in [-0.2, 0) is 9.47 Å². The Morgan fingerprint density at radius 1 is 0.791 bits per heavy atom. The molecule has 15 atom stereocenters. The van der Waals surface area contributed by atoms with Crippen molar-refractivity contribution in [2.75, 3.05) is 13.2 Å². The predicted octanol–water partition coefficient (Wildman–Crippen LogP) is 4.82. The van der Waals surface area contributed by atoms with Gasteiger partial charge >= 0.3 is 0 Å². The van der Waals surface area contributed by atoms with Crippen LogP contribution in [0.25, 0.3) is 0 Å². The normalized spacial score (nSPS) is 55.9. The van der Waals surface area contributed by atoms with E-state index in [2.05, 4.69) is 48.1 Å². The minimum absolute atomic E-state index is 0.0693. The molecule has 0 aromatic heterocycles. The van der Waals surface area contributed by atoms with Crippen LogP contribution >= 0.6 is 0 Å². The second-order valence-electron chi connectivity index (χ2n) is 17.4. The summed E-state index contributed by atoms with van der Waals surface area (Å²) in [7, 11) is 0. The third-order valence-electron chi connectivity index (χ3n) is 15.6. The Labute approximate surface area is 259 Å². The van der Waals surface area contributed by atoms with Crippen LogP contribution in [-0.4, -0.2) is 75.6 Å². The first-order valence-electron chi connectivity index (χ1n) is 17.3. The first-order chi connectivity index (χ1) is 20.1. The minimum atomic E-state index is -1.43. The van der Waals surface area contributed by atoms with Crippen molar-refractivity contribution in [1.29, 1.82) is 0 Å². The lowest BCUT2D eigenvalue weighted by Crippen LogP contribution is -2.67. The summed E-state index contributed by atoms with van der Waals surface area (Å²) in [4.78, 5) is 0. The third kappa shape index (κ3) is 4.38. The number of hydrogen-bond acceptors (Lipinski definition) is 7. The first kappa shape index (κ1) is 32.4. The van der Waals surface area contributed by atoms with E-state index in [9.17, 15) is 25.5 Å². The summed E-state index contributed by atoms with van der Waals surface area (Å²) < 4.78 is 12.3. The van der Waals surface area contributed by atoms with Crippen molar-refractivity contribution in [1.82, 2.24) is 0 Å². The highest BCUT2D eigenvalue weighted by molar-refractivity contribution is 5.21. The number of ether oxygens (including phenoxy) is 2. The van der Waals surface area contributed by atoms with Crippen LogP contribution in [0.1, 0.15) is 106 Å². The molecule has 246 valence electrons. The Bertz CT molecular complexity index is 1080. The molecule has 5 saturated carbocycles. The number of allylic oxidation sites excluding steroid dienone is 1. The standard InChI is InChI=1S/C36H60O7/c1-20(2)21-10-15-36(19-38)17-16-34(6)22(27(21)36)8-9-25-33(5)13-12-26(32(3,4)24(33)11-14-35(25,34)7)43-31-30(41)29(40)28(39)23(18-37)42-31/h21-31,37-41H,1,8-19H2,2-7H3/t21-,22+,23+,24-,25?,26-,27+,28+,29-,30+,31-,33-,34+,35+,36+/m0/s1. The number of fused-ring (bicyclic) bond motifs is 7. The van der Waals surface area contributed by atoms with Crippen LogP contribution < -0.4 is 0 Å². The second kappa shape index (κ2) is 10.7. The summed E-state index contributed by atoms with van der Waals surface area (Å²) in [5, 5.41) is 51.8. The molecule has 5 N–H and O–H groups in total. The van der Waals surface area contributed by atoms with E-state index in [4.69, 9.17) is 9.47 Å². The maximum absolute atomic E-state index is 10.8. The molecule has 0 radical (unpaired) electrons. The number of rotatable bonds is 5. The molecular formula is C36H60O7. The maximum Gasteiger partial charge on any atom is 0.186 e. The fraction of sp³-hybridized carbons (Fsp3) is 0.944. The van der Waals surface area contributed by atoms with Gasteiger partial charge < -0.3 is 35.0 Å². The molecule has 1 aliphatic heterocycles. The van der Waals surface area contributed by atoms with E-state index in [1.807, 2.05) is 0 Å². The van der Waals surface area contributed by atoms with Gasteiger partial charge in [-0.2, -0.15) is 0 Å². The highest BCUT2D eigenvalue weighted by Crippen LogP contribution is 2.77. The summed E-state index contributed by atoms with van der Waals surface area (Å²) in [6.45, 7) is 19.0. The zero-order valence-electron chi connectivity index (χ0n) is 27.6. The molecule has 6 rings (SSSR count). The average molecular weight is 605 g/mol. The fourth-order valence-corrected chi connectivity index (χ4v) is 13.1. The number of aliphatic hydroxyl groups excluding tert-OH is 5. The summed E-state index contributed by atoms with van der Waals surface area (Å²) in [6.07, 6.45) is 4.94. The highest BCUT2D eigenvalue weighted by Gasteiger charge is 2.71. The van der Waals surface area contributed by atoms with Gasteiger partial charge in [0.1, 0.15) is 24.4 Å². The van der Waals surface area contributed by atoms with Crippen molar-refractivity contribution in [3.05, 3.63) is 12.2 Å². The molecule has 0 aromatic rings. The van der Waals surface area contributed by atoms with E-state index in [0.717, 1.165) is 32.1 Å². The van der Waals surface area contributed by atoms with Gasteiger partial charge in [-0.1, -0.05) is 46.8 Å². The van der Waals surface area contributed by atoms with E-state index in [-0.39, 0.29) is 33.2 Å². The topological polar surface area (TPSA) is 120 Å². The van der Waals surface area contributed by atoms with Gasteiger partial charge in [0.2, 0.25) is 0 Å². The lowest BCUT2D eigenvalue weighted by Gasteiger charge is -2.73. The third-order valence-corrected chi connectivity index (χ3v) is 15.6. The molecule has 43 heavy (non-hydrogen) atoms. The summed E-state index contributed by atoms with van der Waals surface area (Å²) >= 11 is 0. The Kier molecular flexibility index (Phi) is 8.10. The van der Waals surface area contributed by atoms with Crippen molar-refractivity contribution in [3.63, 3.8) is 0 Å². The molecule has 5 aliphatic carbocycles. The van der Waals surface area contributed by atoms with Gasteiger partial charge in [0.15, 0.2) is 6.29 Å². The molecule has 0 aromatic carbocycles. The molecule has 1 saturated heterocycles. The molecule has 0 bridgehead atoms. The number of hydrogen-bond donors (Lipinski definition) is 5. The molecule has 6 aliphatic rings. The van der Waals surface area contributed by atoms with Gasteiger partial charge in [-0.15, -0.1) is 0 Å². The minimum Gasteiger partial charge on any atom is -0.396 e. The van der Waals surface area contributed by atoms with E-state index < -0.39 is 37.3 Å².